The topological polar surface area (TPSA) is 43.1 Å². The molecular weight excluding hydrogens is 169 g/mol. The normalized spacial score (nSPS) is 18.2. The molecule has 13 heavy (non-hydrogen) atoms. The Morgan fingerprint density at radius 2 is 2.00 bits per heavy atom. The number of carbonyl (C=O) groups excluding carboxylic acids is 1. The third-order valence-electron chi connectivity index (χ3n) is 2.61. The maximum Gasteiger partial charge on any atom is 0.228 e. The number of hydrogen-bond donors (Lipinski definition) is 1. The Labute approximate surface area is 75.6 Å². The molecular formula is C10H10FNO. The maximum atomic E-state index is 13.3. The van der Waals surface area contributed by atoms with Crippen LogP contribution in [0.1, 0.15) is 18.4 Å². The van der Waals surface area contributed by atoms with Gasteiger partial charge in [0.1, 0.15) is 5.82 Å². The first kappa shape index (κ1) is 8.23. The predicted molar refractivity (Wildman–Crippen MR) is 46.5 cm³/mol. The monoisotopic (exact) mass is 179 g/mol. The van der Waals surface area contributed by atoms with Crippen LogP contribution in [0.2, 0.25) is 0 Å². The summed E-state index contributed by atoms with van der Waals surface area (Å²) in [4.78, 5) is 11.1. The molecule has 0 heterocycles. The summed E-state index contributed by atoms with van der Waals surface area (Å²) in [6, 6.07) is 6.32. The number of hydrogen-bond acceptors (Lipinski definition) is 1. The van der Waals surface area contributed by atoms with Gasteiger partial charge in [0.05, 0.1) is 5.41 Å². The van der Waals surface area contributed by atoms with Crippen molar-refractivity contribution in [2.24, 2.45) is 5.73 Å². The Morgan fingerprint density at radius 3 is 2.46 bits per heavy atom. The average Bonchev–Trinajstić information content (AvgIpc) is 2.85. The summed E-state index contributed by atoms with van der Waals surface area (Å²) in [6.45, 7) is 0. The SMILES string of the molecule is NC(=O)C1(c2ccccc2F)CC1. The van der Waals surface area contributed by atoms with Crippen LogP contribution in [-0.2, 0) is 10.2 Å². The van der Waals surface area contributed by atoms with Crippen molar-refractivity contribution in [2.75, 3.05) is 0 Å². The first-order chi connectivity index (χ1) is 6.17. The van der Waals surface area contributed by atoms with E-state index in [1.807, 2.05) is 0 Å². The van der Waals surface area contributed by atoms with Gasteiger partial charge in [-0.25, -0.2) is 4.39 Å². The number of benzene rings is 1. The summed E-state index contributed by atoms with van der Waals surface area (Å²) < 4.78 is 13.3. The summed E-state index contributed by atoms with van der Waals surface area (Å²) in [5, 5.41) is 0. The van der Waals surface area contributed by atoms with E-state index >= 15 is 0 Å². The molecule has 0 aromatic heterocycles. The van der Waals surface area contributed by atoms with Gasteiger partial charge in [-0.1, -0.05) is 18.2 Å². The maximum absolute atomic E-state index is 13.3. The van der Waals surface area contributed by atoms with E-state index in [1.54, 1.807) is 18.2 Å². The zero-order valence-corrected chi connectivity index (χ0v) is 7.09. The molecule has 0 bridgehead atoms. The Balaban J connectivity index is 2.47. The molecule has 3 heteroatoms. The van der Waals surface area contributed by atoms with Crippen LogP contribution in [0, 0.1) is 5.82 Å². The average molecular weight is 179 g/mol. The van der Waals surface area contributed by atoms with Crippen molar-refractivity contribution < 1.29 is 9.18 Å². The highest BCUT2D eigenvalue weighted by Gasteiger charge is 2.51. The minimum atomic E-state index is -0.703. The van der Waals surface area contributed by atoms with Gasteiger partial charge in [0.2, 0.25) is 5.91 Å². The molecule has 1 saturated carbocycles. The van der Waals surface area contributed by atoms with E-state index in [-0.39, 0.29) is 5.82 Å². The standard InChI is InChI=1S/C10H10FNO/c11-8-4-2-1-3-7(8)10(5-6-10)9(12)13/h1-4H,5-6H2,(H2,12,13). The van der Waals surface area contributed by atoms with E-state index in [0.717, 1.165) is 0 Å². The van der Waals surface area contributed by atoms with Crippen molar-refractivity contribution in [3.05, 3.63) is 35.6 Å². The molecule has 2 N–H and O–H groups in total. The number of amides is 1. The molecule has 68 valence electrons. The van der Waals surface area contributed by atoms with Gasteiger partial charge in [-0.3, -0.25) is 4.79 Å². The van der Waals surface area contributed by atoms with Crippen molar-refractivity contribution in [2.45, 2.75) is 18.3 Å². The summed E-state index contributed by atoms with van der Waals surface area (Å²) in [7, 11) is 0. The van der Waals surface area contributed by atoms with Crippen molar-refractivity contribution in [3.8, 4) is 0 Å². The predicted octanol–water partition coefficient (Wildman–Crippen LogP) is 1.34. The minimum absolute atomic E-state index is 0.334. The van der Waals surface area contributed by atoms with Crippen LogP contribution in [0.15, 0.2) is 24.3 Å². The van der Waals surface area contributed by atoms with Crippen LogP contribution in [-0.4, -0.2) is 5.91 Å². The van der Waals surface area contributed by atoms with E-state index in [2.05, 4.69) is 0 Å². The molecule has 2 rings (SSSR count). The van der Waals surface area contributed by atoms with Crippen molar-refractivity contribution in [1.29, 1.82) is 0 Å². The Hall–Kier alpha value is -1.38. The molecule has 0 unspecified atom stereocenters. The summed E-state index contributed by atoms with van der Waals surface area (Å²) in [5.74, 6) is -0.753. The van der Waals surface area contributed by atoms with Crippen LogP contribution < -0.4 is 5.73 Å². The van der Waals surface area contributed by atoms with Gasteiger partial charge in [0.15, 0.2) is 0 Å². The second-order valence-corrected chi connectivity index (χ2v) is 3.43. The third kappa shape index (κ3) is 1.11. The fourth-order valence-corrected chi connectivity index (χ4v) is 1.62. The van der Waals surface area contributed by atoms with Crippen molar-refractivity contribution in [1.82, 2.24) is 0 Å². The smallest absolute Gasteiger partial charge is 0.228 e. The lowest BCUT2D eigenvalue weighted by Gasteiger charge is -2.11. The van der Waals surface area contributed by atoms with E-state index in [4.69, 9.17) is 5.73 Å². The van der Waals surface area contributed by atoms with Crippen molar-refractivity contribution >= 4 is 5.91 Å². The van der Waals surface area contributed by atoms with Crippen LogP contribution in [0.3, 0.4) is 0 Å². The Kier molecular flexibility index (Phi) is 1.62. The van der Waals surface area contributed by atoms with Gasteiger partial charge >= 0.3 is 0 Å². The highest BCUT2D eigenvalue weighted by molar-refractivity contribution is 5.89. The number of primary amides is 1. The molecule has 1 aliphatic rings. The molecule has 1 amide bonds. The first-order valence-electron chi connectivity index (χ1n) is 4.22. The van der Waals surface area contributed by atoms with Crippen LogP contribution in [0.5, 0.6) is 0 Å². The van der Waals surface area contributed by atoms with E-state index < -0.39 is 11.3 Å². The Bertz CT molecular complexity index is 358. The molecule has 0 spiro atoms. The molecule has 0 radical (unpaired) electrons. The van der Waals surface area contributed by atoms with Gasteiger partial charge in [0.25, 0.3) is 0 Å². The summed E-state index contributed by atoms with van der Waals surface area (Å²) >= 11 is 0. The van der Waals surface area contributed by atoms with Gasteiger partial charge in [-0.15, -0.1) is 0 Å². The van der Waals surface area contributed by atoms with E-state index in [1.165, 1.54) is 6.07 Å². The fourth-order valence-electron chi connectivity index (χ4n) is 1.62. The molecule has 1 aliphatic carbocycles. The highest BCUT2D eigenvalue weighted by Crippen LogP contribution is 2.48. The van der Waals surface area contributed by atoms with Gasteiger partial charge in [0, 0.05) is 5.56 Å². The van der Waals surface area contributed by atoms with Crippen LogP contribution in [0.4, 0.5) is 4.39 Å². The third-order valence-corrected chi connectivity index (χ3v) is 2.61. The lowest BCUT2D eigenvalue weighted by molar-refractivity contribution is -0.120. The summed E-state index contributed by atoms with van der Waals surface area (Å²) in [6.07, 6.45) is 1.34. The minimum Gasteiger partial charge on any atom is -0.369 e. The van der Waals surface area contributed by atoms with Gasteiger partial charge < -0.3 is 5.73 Å². The Morgan fingerprint density at radius 1 is 1.38 bits per heavy atom. The van der Waals surface area contributed by atoms with E-state index in [9.17, 15) is 9.18 Å². The van der Waals surface area contributed by atoms with Crippen molar-refractivity contribution in [3.63, 3.8) is 0 Å². The second-order valence-electron chi connectivity index (χ2n) is 3.43. The number of rotatable bonds is 2. The van der Waals surface area contributed by atoms with Gasteiger partial charge in [-0.05, 0) is 18.9 Å². The lowest BCUT2D eigenvalue weighted by atomic mass is 9.95. The zero-order valence-electron chi connectivity index (χ0n) is 7.09. The largest absolute Gasteiger partial charge is 0.369 e. The molecule has 2 nitrogen and oxygen atoms in total. The number of halogens is 1. The fraction of sp³-hybridized carbons (Fsp3) is 0.300. The summed E-state index contributed by atoms with van der Waals surface area (Å²) in [5.41, 5.74) is 4.97. The van der Waals surface area contributed by atoms with Crippen LogP contribution in [0.25, 0.3) is 0 Å². The molecule has 1 aromatic carbocycles. The molecule has 1 aromatic rings. The second kappa shape index (κ2) is 2.55. The highest BCUT2D eigenvalue weighted by atomic mass is 19.1. The van der Waals surface area contributed by atoms with Crippen LogP contribution >= 0.6 is 0 Å². The number of nitrogens with two attached hydrogens (primary N) is 1. The van der Waals surface area contributed by atoms with E-state index in [0.29, 0.717) is 18.4 Å². The molecule has 0 atom stereocenters. The van der Waals surface area contributed by atoms with Gasteiger partial charge in [-0.2, -0.15) is 0 Å². The zero-order chi connectivity index (χ0) is 9.47. The molecule has 0 aliphatic heterocycles. The first-order valence-corrected chi connectivity index (χ1v) is 4.22. The molecule has 0 saturated heterocycles. The molecule has 1 fully saturated rings. The quantitative estimate of drug-likeness (QED) is 0.731. The number of carbonyl (C=O) groups is 1. The lowest BCUT2D eigenvalue weighted by Crippen LogP contribution is -2.29.